The third kappa shape index (κ3) is 4.97. The number of esters is 1. The molecule has 0 radical (unpaired) electrons. The van der Waals surface area contributed by atoms with Crippen LogP contribution < -0.4 is 5.32 Å². The average molecular weight is 227 g/mol. The molecule has 3 unspecified atom stereocenters. The Kier molecular flexibility index (Phi) is 5.26. The summed E-state index contributed by atoms with van der Waals surface area (Å²) < 4.78 is 4.73. The number of ether oxygens (including phenoxy) is 1. The Labute approximate surface area is 98.9 Å². The number of carbonyl (C=O) groups excluding carboxylic acids is 1. The molecule has 16 heavy (non-hydrogen) atoms. The van der Waals surface area contributed by atoms with Crippen LogP contribution in [0.1, 0.15) is 46.5 Å². The van der Waals surface area contributed by atoms with Gasteiger partial charge in [-0.2, -0.15) is 0 Å². The van der Waals surface area contributed by atoms with Crippen LogP contribution in [0.5, 0.6) is 0 Å². The third-order valence-corrected chi connectivity index (χ3v) is 3.26. The van der Waals surface area contributed by atoms with E-state index in [-0.39, 0.29) is 11.9 Å². The second kappa shape index (κ2) is 6.24. The number of nitrogens with one attached hydrogen (secondary N) is 1. The van der Waals surface area contributed by atoms with Crippen LogP contribution >= 0.6 is 0 Å². The maximum atomic E-state index is 11.3. The van der Waals surface area contributed by atoms with E-state index < -0.39 is 0 Å². The summed E-state index contributed by atoms with van der Waals surface area (Å²) >= 11 is 0. The molecular formula is C13H25NO2. The van der Waals surface area contributed by atoms with Crippen molar-refractivity contribution >= 4 is 5.97 Å². The smallest absolute Gasteiger partial charge is 0.308 e. The van der Waals surface area contributed by atoms with Crippen LogP contribution in [0.15, 0.2) is 0 Å². The van der Waals surface area contributed by atoms with Crippen LogP contribution in [0.2, 0.25) is 0 Å². The van der Waals surface area contributed by atoms with Crippen LogP contribution in [-0.2, 0) is 9.53 Å². The van der Waals surface area contributed by atoms with Gasteiger partial charge in [-0.25, -0.2) is 0 Å². The number of methoxy groups -OCH3 is 1. The Morgan fingerprint density at radius 1 is 1.31 bits per heavy atom. The van der Waals surface area contributed by atoms with Crippen molar-refractivity contribution < 1.29 is 9.53 Å². The minimum Gasteiger partial charge on any atom is -0.469 e. The molecule has 0 spiro atoms. The monoisotopic (exact) mass is 227 g/mol. The highest BCUT2D eigenvalue weighted by Crippen LogP contribution is 2.33. The van der Waals surface area contributed by atoms with Gasteiger partial charge >= 0.3 is 5.97 Å². The first-order valence-corrected chi connectivity index (χ1v) is 6.36. The minimum absolute atomic E-state index is 0.0133. The van der Waals surface area contributed by atoms with Crippen LogP contribution in [-0.4, -0.2) is 25.2 Å². The molecule has 1 aliphatic rings. The van der Waals surface area contributed by atoms with Gasteiger partial charge in [0.05, 0.1) is 13.0 Å². The molecule has 1 N–H and O–H groups in total. The summed E-state index contributed by atoms with van der Waals surface area (Å²) in [6, 6.07) is 0.940. The number of hydrogen-bond acceptors (Lipinski definition) is 3. The molecule has 0 aromatic rings. The van der Waals surface area contributed by atoms with E-state index in [4.69, 9.17) is 4.74 Å². The van der Waals surface area contributed by atoms with Crippen molar-refractivity contribution in [2.75, 3.05) is 7.11 Å². The molecule has 0 heterocycles. The molecular weight excluding hydrogens is 202 g/mol. The van der Waals surface area contributed by atoms with Crippen molar-refractivity contribution in [3.8, 4) is 0 Å². The van der Waals surface area contributed by atoms with Crippen molar-refractivity contribution in [2.45, 2.75) is 58.5 Å². The lowest BCUT2D eigenvalue weighted by molar-refractivity contribution is -0.145. The normalized spacial score (nSPS) is 21.2. The molecule has 0 bridgehead atoms. The SMILES string of the molecule is COC(=O)C(C)CC(C)NC(C)CC1CC1. The first kappa shape index (κ1) is 13.5. The van der Waals surface area contributed by atoms with Gasteiger partial charge in [0.1, 0.15) is 0 Å². The van der Waals surface area contributed by atoms with E-state index >= 15 is 0 Å². The Balaban J connectivity index is 2.17. The van der Waals surface area contributed by atoms with Crippen molar-refractivity contribution in [2.24, 2.45) is 11.8 Å². The van der Waals surface area contributed by atoms with E-state index in [1.807, 2.05) is 6.92 Å². The summed E-state index contributed by atoms with van der Waals surface area (Å²) in [4.78, 5) is 11.3. The molecule has 3 atom stereocenters. The van der Waals surface area contributed by atoms with Gasteiger partial charge in [-0.15, -0.1) is 0 Å². The molecule has 94 valence electrons. The van der Waals surface area contributed by atoms with E-state index in [9.17, 15) is 4.79 Å². The van der Waals surface area contributed by atoms with E-state index in [0.29, 0.717) is 12.1 Å². The molecule has 0 aromatic carbocycles. The zero-order valence-electron chi connectivity index (χ0n) is 11.0. The fourth-order valence-electron chi connectivity index (χ4n) is 2.30. The Morgan fingerprint density at radius 3 is 2.44 bits per heavy atom. The summed E-state index contributed by atoms with van der Waals surface area (Å²) in [6.07, 6.45) is 4.93. The van der Waals surface area contributed by atoms with Crippen molar-refractivity contribution in [3.05, 3.63) is 0 Å². The molecule has 1 fully saturated rings. The van der Waals surface area contributed by atoms with E-state index in [0.717, 1.165) is 12.3 Å². The standard InChI is InChI=1S/C13H25NO2/c1-9(13(15)16-4)7-10(2)14-11(3)8-12-5-6-12/h9-12,14H,5-8H2,1-4H3. The lowest BCUT2D eigenvalue weighted by Gasteiger charge is -2.21. The van der Waals surface area contributed by atoms with Gasteiger partial charge in [0, 0.05) is 12.1 Å². The fraction of sp³-hybridized carbons (Fsp3) is 0.923. The number of carbonyl (C=O) groups is 1. The topological polar surface area (TPSA) is 38.3 Å². The molecule has 0 amide bonds. The molecule has 0 aromatic heterocycles. The zero-order valence-corrected chi connectivity index (χ0v) is 11.0. The van der Waals surface area contributed by atoms with E-state index in [2.05, 4.69) is 19.2 Å². The number of hydrogen-bond donors (Lipinski definition) is 1. The first-order chi connectivity index (χ1) is 7.52. The minimum atomic E-state index is -0.108. The summed E-state index contributed by atoms with van der Waals surface area (Å²) in [6.45, 7) is 6.30. The number of rotatable bonds is 7. The molecule has 3 heteroatoms. The van der Waals surface area contributed by atoms with Gasteiger partial charge < -0.3 is 10.1 Å². The Hall–Kier alpha value is -0.570. The van der Waals surface area contributed by atoms with Crippen LogP contribution in [0, 0.1) is 11.8 Å². The second-order valence-electron chi connectivity index (χ2n) is 5.31. The summed E-state index contributed by atoms with van der Waals surface area (Å²) in [5, 5.41) is 3.55. The van der Waals surface area contributed by atoms with Crippen molar-refractivity contribution in [1.29, 1.82) is 0 Å². The predicted octanol–water partition coefficient (Wildman–Crippen LogP) is 2.35. The zero-order chi connectivity index (χ0) is 12.1. The molecule has 1 saturated carbocycles. The quantitative estimate of drug-likeness (QED) is 0.678. The lowest BCUT2D eigenvalue weighted by Crippen LogP contribution is -2.36. The third-order valence-electron chi connectivity index (χ3n) is 3.26. The van der Waals surface area contributed by atoms with Crippen LogP contribution in [0.25, 0.3) is 0 Å². The van der Waals surface area contributed by atoms with Gasteiger partial charge in [-0.1, -0.05) is 19.8 Å². The maximum absolute atomic E-state index is 11.3. The van der Waals surface area contributed by atoms with Crippen molar-refractivity contribution in [1.82, 2.24) is 5.32 Å². The summed E-state index contributed by atoms with van der Waals surface area (Å²) in [5.74, 6) is 0.830. The lowest BCUT2D eigenvalue weighted by atomic mass is 10.0. The summed E-state index contributed by atoms with van der Waals surface area (Å²) in [7, 11) is 1.45. The Bertz CT molecular complexity index is 226. The second-order valence-corrected chi connectivity index (χ2v) is 5.31. The van der Waals surface area contributed by atoms with Gasteiger partial charge in [0.25, 0.3) is 0 Å². The van der Waals surface area contributed by atoms with Crippen LogP contribution in [0.3, 0.4) is 0 Å². The molecule has 0 saturated heterocycles. The highest BCUT2D eigenvalue weighted by molar-refractivity contribution is 5.71. The van der Waals surface area contributed by atoms with Crippen molar-refractivity contribution in [3.63, 3.8) is 0 Å². The van der Waals surface area contributed by atoms with Gasteiger partial charge in [-0.05, 0) is 32.6 Å². The predicted molar refractivity (Wildman–Crippen MR) is 65.2 cm³/mol. The molecule has 1 rings (SSSR count). The highest BCUT2D eigenvalue weighted by atomic mass is 16.5. The summed E-state index contributed by atoms with van der Waals surface area (Å²) in [5.41, 5.74) is 0. The van der Waals surface area contributed by atoms with Crippen LogP contribution in [0.4, 0.5) is 0 Å². The van der Waals surface area contributed by atoms with Gasteiger partial charge in [-0.3, -0.25) is 4.79 Å². The average Bonchev–Trinajstić information content (AvgIpc) is 2.99. The molecule has 3 nitrogen and oxygen atoms in total. The van der Waals surface area contributed by atoms with E-state index in [1.54, 1.807) is 0 Å². The Morgan fingerprint density at radius 2 is 1.94 bits per heavy atom. The van der Waals surface area contributed by atoms with E-state index in [1.165, 1.54) is 26.4 Å². The largest absolute Gasteiger partial charge is 0.469 e. The molecule has 0 aliphatic heterocycles. The maximum Gasteiger partial charge on any atom is 0.308 e. The fourth-order valence-corrected chi connectivity index (χ4v) is 2.30. The highest BCUT2D eigenvalue weighted by Gasteiger charge is 2.24. The first-order valence-electron chi connectivity index (χ1n) is 6.36. The van der Waals surface area contributed by atoms with Gasteiger partial charge in [0.2, 0.25) is 0 Å². The molecule has 1 aliphatic carbocycles. The van der Waals surface area contributed by atoms with Gasteiger partial charge in [0.15, 0.2) is 0 Å².